The van der Waals surface area contributed by atoms with Crippen LogP contribution in [0.15, 0.2) is 10.0 Å². The Balaban J connectivity index is 2.53. The van der Waals surface area contributed by atoms with Crippen molar-refractivity contribution in [1.82, 2.24) is 9.78 Å². The lowest BCUT2D eigenvalue weighted by molar-refractivity contribution is -0.114. The van der Waals surface area contributed by atoms with Crippen LogP contribution in [0.5, 0.6) is 0 Å². The highest BCUT2D eigenvalue weighted by atomic mass is 79.9. The SMILES string of the molecule is CC(=O)Nc1c(Br)c(C=O)nn1/C(O)=C(\CC(C)C)C1CC1. The molecule has 1 aromatic heterocycles. The highest BCUT2D eigenvalue weighted by Crippen LogP contribution is 2.42. The van der Waals surface area contributed by atoms with E-state index >= 15 is 0 Å². The Hall–Kier alpha value is -1.63. The van der Waals surface area contributed by atoms with Crippen LogP contribution in [0.25, 0.3) is 5.88 Å². The molecule has 22 heavy (non-hydrogen) atoms. The molecule has 2 N–H and O–H groups in total. The van der Waals surface area contributed by atoms with Gasteiger partial charge in [0.15, 0.2) is 12.1 Å². The van der Waals surface area contributed by atoms with Crippen LogP contribution in [0.2, 0.25) is 0 Å². The standard InChI is InChI=1S/C15H20BrN3O3/c1-8(2)6-11(10-4-5-10)15(22)19-14(17-9(3)21)13(16)12(7-20)18-19/h7-8,10,22H,4-6H2,1-3H3,(H,17,21)/b15-11-. The fourth-order valence-electron chi connectivity index (χ4n) is 2.37. The molecule has 0 saturated heterocycles. The number of nitrogens with zero attached hydrogens (tertiary/aromatic N) is 2. The molecule has 120 valence electrons. The van der Waals surface area contributed by atoms with E-state index in [9.17, 15) is 14.7 Å². The van der Waals surface area contributed by atoms with Gasteiger partial charge in [0.25, 0.3) is 0 Å². The lowest BCUT2D eigenvalue weighted by atomic mass is 9.99. The number of nitrogens with one attached hydrogen (secondary N) is 1. The third-order valence-electron chi connectivity index (χ3n) is 3.44. The van der Waals surface area contributed by atoms with E-state index in [1.54, 1.807) is 0 Å². The fraction of sp³-hybridized carbons (Fsp3) is 0.533. The molecule has 0 bridgehead atoms. The molecule has 7 heteroatoms. The van der Waals surface area contributed by atoms with E-state index in [2.05, 4.69) is 40.2 Å². The minimum Gasteiger partial charge on any atom is -0.493 e. The first-order chi connectivity index (χ1) is 10.3. The average Bonchev–Trinajstić information content (AvgIpc) is 3.22. The molecule has 0 radical (unpaired) electrons. The molecule has 0 aromatic carbocycles. The maximum Gasteiger partial charge on any atom is 0.222 e. The molecule has 0 aliphatic heterocycles. The molecule has 1 aliphatic rings. The van der Waals surface area contributed by atoms with Crippen molar-refractivity contribution in [1.29, 1.82) is 0 Å². The van der Waals surface area contributed by atoms with Crippen LogP contribution in [-0.4, -0.2) is 27.1 Å². The quantitative estimate of drug-likeness (QED) is 0.592. The number of rotatable bonds is 6. The molecule has 1 heterocycles. The summed E-state index contributed by atoms with van der Waals surface area (Å²) in [4.78, 5) is 22.5. The van der Waals surface area contributed by atoms with Crippen LogP contribution in [0.3, 0.4) is 0 Å². The predicted octanol–water partition coefficient (Wildman–Crippen LogP) is 3.60. The monoisotopic (exact) mass is 369 g/mol. The third kappa shape index (κ3) is 3.58. The number of amides is 1. The lowest BCUT2D eigenvalue weighted by Crippen LogP contribution is -2.14. The zero-order chi connectivity index (χ0) is 16.4. The van der Waals surface area contributed by atoms with Gasteiger partial charge in [-0.1, -0.05) is 13.8 Å². The summed E-state index contributed by atoms with van der Waals surface area (Å²) in [7, 11) is 0. The van der Waals surface area contributed by atoms with Crippen molar-refractivity contribution in [3.05, 3.63) is 15.7 Å². The molecule has 1 fully saturated rings. The first kappa shape index (κ1) is 16.7. The molecule has 6 nitrogen and oxygen atoms in total. The van der Waals surface area contributed by atoms with Gasteiger partial charge in [0.05, 0.1) is 4.47 Å². The number of hydrogen-bond acceptors (Lipinski definition) is 4. The predicted molar refractivity (Wildman–Crippen MR) is 87.6 cm³/mol. The Morgan fingerprint density at radius 2 is 2.18 bits per heavy atom. The minimum absolute atomic E-state index is 0.00810. The van der Waals surface area contributed by atoms with Crippen molar-refractivity contribution in [3.63, 3.8) is 0 Å². The van der Waals surface area contributed by atoms with Crippen LogP contribution in [0.4, 0.5) is 5.82 Å². The molecule has 1 aliphatic carbocycles. The highest BCUT2D eigenvalue weighted by molar-refractivity contribution is 9.10. The van der Waals surface area contributed by atoms with E-state index in [-0.39, 0.29) is 23.3 Å². The third-order valence-corrected chi connectivity index (χ3v) is 4.23. The molecule has 1 aromatic rings. The van der Waals surface area contributed by atoms with Gasteiger partial charge in [0, 0.05) is 6.92 Å². The smallest absolute Gasteiger partial charge is 0.222 e. The number of aliphatic hydroxyl groups excluding tert-OH is 1. The number of carbonyl (C=O) groups excluding carboxylic acids is 2. The van der Waals surface area contributed by atoms with E-state index in [0.717, 1.165) is 24.8 Å². The lowest BCUT2D eigenvalue weighted by Gasteiger charge is -2.14. The first-order valence-corrected chi connectivity index (χ1v) is 8.08. The summed E-state index contributed by atoms with van der Waals surface area (Å²) in [6.45, 7) is 5.53. The van der Waals surface area contributed by atoms with Crippen molar-refractivity contribution >= 4 is 39.8 Å². The topological polar surface area (TPSA) is 84.2 Å². The van der Waals surface area contributed by atoms with E-state index in [1.165, 1.54) is 11.6 Å². The zero-order valence-electron chi connectivity index (χ0n) is 12.9. The summed E-state index contributed by atoms with van der Waals surface area (Å²) < 4.78 is 1.61. The Bertz CT molecular complexity index is 630. The number of halogens is 1. The molecular formula is C15H20BrN3O3. The molecular weight excluding hydrogens is 350 g/mol. The Kier molecular flexibility index (Phi) is 5.05. The van der Waals surface area contributed by atoms with Crippen molar-refractivity contribution < 1.29 is 14.7 Å². The van der Waals surface area contributed by atoms with E-state index in [4.69, 9.17) is 0 Å². The van der Waals surface area contributed by atoms with Gasteiger partial charge < -0.3 is 10.4 Å². The Morgan fingerprint density at radius 3 is 2.64 bits per heavy atom. The maximum atomic E-state index is 11.4. The van der Waals surface area contributed by atoms with Gasteiger partial charge in [-0.05, 0) is 52.6 Å². The number of anilines is 1. The number of allylic oxidation sites excluding steroid dienone is 1. The van der Waals surface area contributed by atoms with Crippen molar-refractivity contribution in [2.24, 2.45) is 11.8 Å². The molecule has 0 unspecified atom stereocenters. The van der Waals surface area contributed by atoms with Crippen molar-refractivity contribution in [2.75, 3.05) is 5.32 Å². The van der Waals surface area contributed by atoms with E-state index < -0.39 is 0 Å². The minimum atomic E-state index is -0.302. The number of carbonyl (C=O) groups is 2. The second-order valence-electron chi connectivity index (χ2n) is 5.98. The second-order valence-corrected chi connectivity index (χ2v) is 6.77. The molecule has 1 saturated carbocycles. The van der Waals surface area contributed by atoms with Gasteiger partial charge in [-0.15, -0.1) is 0 Å². The second kappa shape index (κ2) is 6.64. The van der Waals surface area contributed by atoms with Crippen molar-refractivity contribution in [2.45, 2.75) is 40.0 Å². The van der Waals surface area contributed by atoms with Crippen LogP contribution in [0.1, 0.15) is 50.5 Å². The maximum absolute atomic E-state index is 11.4. The van der Waals surface area contributed by atoms with Gasteiger partial charge in [0.1, 0.15) is 5.69 Å². The molecule has 0 atom stereocenters. The first-order valence-electron chi connectivity index (χ1n) is 7.28. The summed E-state index contributed by atoms with van der Waals surface area (Å²) in [6.07, 6.45) is 3.43. The van der Waals surface area contributed by atoms with Gasteiger partial charge in [0.2, 0.25) is 11.8 Å². The average molecular weight is 370 g/mol. The number of aliphatic hydroxyl groups is 1. The van der Waals surface area contributed by atoms with Crippen LogP contribution >= 0.6 is 15.9 Å². The summed E-state index contributed by atoms with van der Waals surface area (Å²) in [6, 6.07) is 0. The zero-order valence-corrected chi connectivity index (χ0v) is 14.5. The van der Waals surface area contributed by atoms with Crippen molar-refractivity contribution in [3.8, 4) is 0 Å². The number of hydrogen-bond donors (Lipinski definition) is 2. The summed E-state index contributed by atoms with van der Waals surface area (Å²) in [5, 5.41) is 17.4. The van der Waals surface area contributed by atoms with Crippen LogP contribution in [-0.2, 0) is 4.79 Å². The van der Waals surface area contributed by atoms with Gasteiger partial charge in [-0.2, -0.15) is 9.78 Å². The summed E-state index contributed by atoms with van der Waals surface area (Å²) in [5.41, 5.74) is 1.06. The largest absolute Gasteiger partial charge is 0.493 e. The Morgan fingerprint density at radius 1 is 1.55 bits per heavy atom. The van der Waals surface area contributed by atoms with E-state index in [1.807, 2.05) is 0 Å². The molecule has 2 rings (SSSR count). The van der Waals surface area contributed by atoms with Gasteiger partial charge >= 0.3 is 0 Å². The normalized spacial score (nSPS) is 15.7. The molecule has 0 spiro atoms. The fourth-order valence-corrected chi connectivity index (χ4v) is 2.81. The molecule has 1 amide bonds. The van der Waals surface area contributed by atoms with E-state index in [0.29, 0.717) is 22.6 Å². The van der Waals surface area contributed by atoms with Gasteiger partial charge in [-0.25, -0.2) is 0 Å². The summed E-state index contributed by atoms with van der Waals surface area (Å²) in [5.74, 6) is 0.730. The highest BCUT2D eigenvalue weighted by Gasteiger charge is 2.31. The van der Waals surface area contributed by atoms with Crippen LogP contribution in [0, 0.1) is 11.8 Å². The van der Waals surface area contributed by atoms with Gasteiger partial charge in [-0.3, -0.25) is 9.59 Å². The van der Waals surface area contributed by atoms with Crippen LogP contribution < -0.4 is 5.32 Å². The Labute approximate surface area is 137 Å². The summed E-state index contributed by atoms with van der Waals surface area (Å²) >= 11 is 3.25. The number of aromatic nitrogens is 2. The number of aldehydes is 1.